The molecule has 0 radical (unpaired) electrons. The Morgan fingerprint density at radius 3 is 2.20 bits per heavy atom. The molecular formula is C3H5NO. The summed E-state index contributed by atoms with van der Waals surface area (Å²) in [6.07, 6.45) is -0.810. The summed E-state index contributed by atoms with van der Waals surface area (Å²) in [6, 6.07) is 1.58. The second-order valence-electron chi connectivity index (χ2n) is 0.805. The van der Waals surface area contributed by atoms with E-state index < -0.39 is 6.10 Å². The molecule has 0 aliphatic heterocycles. The summed E-state index contributed by atoms with van der Waals surface area (Å²) < 4.78 is 0. The fourth-order valence-corrected chi connectivity index (χ4v) is 0. The topological polar surface area (TPSA) is 44.0 Å². The molecule has 5 heavy (non-hydrogen) atoms. The highest BCUT2D eigenvalue weighted by Crippen LogP contribution is 1.66. The van der Waals surface area contributed by atoms with Gasteiger partial charge in [-0.25, -0.2) is 0 Å². The van der Waals surface area contributed by atoms with Gasteiger partial charge in [0.15, 0.2) is 0 Å². The number of hydrogen-bond acceptors (Lipinski definition) is 2. The van der Waals surface area contributed by atoms with Gasteiger partial charge in [-0.2, -0.15) is 5.26 Å². The third-order valence-corrected chi connectivity index (χ3v) is 0.187. The maximum Gasteiger partial charge on any atom is 0.137 e. The van der Waals surface area contributed by atoms with Crippen LogP contribution in [0, 0.1) is 11.3 Å². The van der Waals surface area contributed by atoms with E-state index in [9.17, 15) is 0 Å². The number of nitriles is 1. The molecule has 2 heteroatoms. The second-order valence-corrected chi connectivity index (χ2v) is 0.805. The molecule has 0 saturated carbocycles. The minimum atomic E-state index is -0.810. The maximum absolute atomic E-state index is 8.00. The summed E-state index contributed by atoms with van der Waals surface area (Å²) in [5.41, 5.74) is 0. The van der Waals surface area contributed by atoms with Gasteiger partial charge in [-0.3, -0.25) is 0 Å². The molecule has 0 unspecified atom stereocenters. The van der Waals surface area contributed by atoms with Crippen LogP contribution in [0.5, 0.6) is 0 Å². The van der Waals surface area contributed by atoms with Crippen LogP contribution in [0.2, 0.25) is 0 Å². The zero-order chi connectivity index (χ0) is 4.28. The van der Waals surface area contributed by atoms with Crippen molar-refractivity contribution >= 4 is 0 Å². The van der Waals surface area contributed by atoms with E-state index in [1.165, 1.54) is 6.92 Å². The zero-order valence-corrected chi connectivity index (χ0v) is 2.97. The third-order valence-electron chi connectivity index (χ3n) is 0.187. The van der Waals surface area contributed by atoms with Gasteiger partial charge in [0.25, 0.3) is 0 Å². The van der Waals surface area contributed by atoms with E-state index in [-0.39, 0.29) is 0 Å². The summed E-state index contributed by atoms with van der Waals surface area (Å²) >= 11 is 0. The van der Waals surface area contributed by atoms with Gasteiger partial charge in [0, 0.05) is 0 Å². The molecule has 0 aliphatic carbocycles. The van der Waals surface area contributed by atoms with Crippen LogP contribution in [-0.2, 0) is 0 Å². The summed E-state index contributed by atoms with van der Waals surface area (Å²) in [5, 5.41) is 15.6. The van der Waals surface area contributed by atoms with Crippen molar-refractivity contribution in [1.82, 2.24) is 0 Å². The number of nitrogens with zero attached hydrogens (tertiary/aromatic N) is 1. The SMILES string of the molecule is C[C@@H](O)C#N. The minimum Gasteiger partial charge on any atom is -0.378 e. The molecule has 0 aromatic heterocycles. The molecule has 0 heterocycles. The first kappa shape index (κ1) is 4.45. The van der Waals surface area contributed by atoms with Gasteiger partial charge in [0.1, 0.15) is 6.10 Å². The van der Waals surface area contributed by atoms with Gasteiger partial charge in [-0.05, 0) is 6.92 Å². The molecule has 0 saturated heterocycles. The summed E-state index contributed by atoms with van der Waals surface area (Å²) in [4.78, 5) is 0. The first-order valence-electron chi connectivity index (χ1n) is 1.35. The van der Waals surface area contributed by atoms with Gasteiger partial charge >= 0.3 is 0 Å². The highest BCUT2D eigenvalue weighted by atomic mass is 16.3. The van der Waals surface area contributed by atoms with Gasteiger partial charge in [0.05, 0.1) is 6.07 Å². The molecule has 0 fully saturated rings. The van der Waals surface area contributed by atoms with Crippen molar-refractivity contribution in [1.29, 1.82) is 5.26 Å². The third kappa shape index (κ3) is 3.45. The standard InChI is InChI=1S/C3H5NO/c1-3(5)2-4/h3,5H,1H3/t3-/m1/s1. The lowest BCUT2D eigenvalue weighted by Crippen LogP contribution is -1.90. The summed E-state index contributed by atoms with van der Waals surface area (Å²) in [6.45, 7) is 1.42. The average Bonchev–Trinajstić information content (AvgIpc) is 1.38. The highest BCUT2D eigenvalue weighted by Gasteiger charge is 1.80. The molecular weight excluding hydrogens is 66.0 g/mol. The molecule has 0 spiro atoms. The van der Waals surface area contributed by atoms with Crippen LogP contribution in [0.1, 0.15) is 6.92 Å². The van der Waals surface area contributed by atoms with E-state index in [1.807, 2.05) is 0 Å². The van der Waals surface area contributed by atoms with E-state index in [4.69, 9.17) is 10.4 Å². The molecule has 1 atom stereocenters. The van der Waals surface area contributed by atoms with Crippen LogP contribution in [0.15, 0.2) is 0 Å². The Morgan fingerprint density at radius 2 is 2.20 bits per heavy atom. The molecule has 2 nitrogen and oxygen atoms in total. The molecule has 0 bridgehead atoms. The normalized spacial score (nSPS) is 13.0. The Balaban J connectivity index is 2.94. The molecule has 0 rings (SSSR count). The van der Waals surface area contributed by atoms with Crippen LogP contribution >= 0.6 is 0 Å². The molecule has 28 valence electrons. The largest absolute Gasteiger partial charge is 0.378 e. The minimum absolute atomic E-state index is 0.810. The number of aliphatic hydroxyl groups excluding tert-OH is 1. The molecule has 0 aromatic rings. The molecule has 1 N–H and O–H groups in total. The highest BCUT2D eigenvalue weighted by molar-refractivity contribution is 4.75. The lowest BCUT2D eigenvalue weighted by molar-refractivity contribution is 0.251. The summed E-state index contributed by atoms with van der Waals surface area (Å²) in [7, 11) is 0. The van der Waals surface area contributed by atoms with Crippen LogP contribution in [0.4, 0.5) is 0 Å². The second kappa shape index (κ2) is 1.74. The maximum atomic E-state index is 8.00. The van der Waals surface area contributed by atoms with E-state index >= 15 is 0 Å². The van der Waals surface area contributed by atoms with Crippen molar-refractivity contribution in [2.75, 3.05) is 0 Å². The van der Waals surface area contributed by atoms with Crippen LogP contribution in [0.3, 0.4) is 0 Å². The van der Waals surface area contributed by atoms with Gasteiger partial charge in [0.2, 0.25) is 0 Å². The van der Waals surface area contributed by atoms with E-state index in [2.05, 4.69) is 0 Å². The lowest BCUT2D eigenvalue weighted by atomic mass is 10.5. The molecule has 0 aliphatic rings. The monoisotopic (exact) mass is 71.0 g/mol. The van der Waals surface area contributed by atoms with Crippen molar-refractivity contribution in [3.63, 3.8) is 0 Å². The van der Waals surface area contributed by atoms with Crippen molar-refractivity contribution in [2.45, 2.75) is 13.0 Å². The lowest BCUT2D eigenvalue weighted by Gasteiger charge is -1.76. The quantitative estimate of drug-likeness (QED) is 0.405. The number of aliphatic hydroxyl groups is 1. The molecule has 0 amide bonds. The van der Waals surface area contributed by atoms with Crippen LogP contribution in [-0.4, -0.2) is 11.2 Å². The Kier molecular flexibility index (Phi) is 1.55. The Morgan fingerprint density at radius 1 is 2.00 bits per heavy atom. The average molecular weight is 71.1 g/mol. The van der Waals surface area contributed by atoms with E-state index in [0.29, 0.717) is 0 Å². The van der Waals surface area contributed by atoms with Crippen LogP contribution in [0.25, 0.3) is 0 Å². The van der Waals surface area contributed by atoms with Crippen molar-refractivity contribution in [3.05, 3.63) is 0 Å². The fourth-order valence-electron chi connectivity index (χ4n) is 0. The van der Waals surface area contributed by atoms with Gasteiger partial charge < -0.3 is 5.11 Å². The Labute approximate surface area is 30.7 Å². The fraction of sp³-hybridized carbons (Fsp3) is 0.667. The van der Waals surface area contributed by atoms with Crippen LogP contribution < -0.4 is 0 Å². The van der Waals surface area contributed by atoms with E-state index in [0.717, 1.165) is 0 Å². The van der Waals surface area contributed by atoms with E-state index in [1.54, 1.807) is 6.07 Å². The van der Waals surface area contributed by atoms with Gasteiger partial charge in [-0.1, -0.05) is 0 Å². The zero-order valence-electron chi connectivity index (χ0n) is 2.97. The van der Waals surface area contributed by atoms with Gasteiger partial charge in [-0.15, -0.1) is 0 Å². The molecule has 0 aromatic carbocycles. The first-order chi connectivity index (χ1) is 2.27. The van der Waals surface area contributed by atoms with Crippen molar-refractivity contribution < 1.29 is 5.11 Å². The number of hydrogen-bond donors (Lipinski definition) is 1. The summed E-state index contributed by atoms with van der Waals surface area (Å²) in [5.74, 6) is 0. The van der Waals surface area contributed by atoms with Crippen molar-refractivity contribution in [3.8, 4) is 6.07 Å². The number of rotatable bonds is 0. The Hall–Kier alpha value is -0.550. The Bertz CT molecular complexity index is 52.4. The first-order valence-corrected chi connectivity index (χ1v) is 1.35. The predicted octanol–water partition coefficient (Wildman–Crippen LogP) is -0.109. The van der Waals surface area contributed by atoms with Crippen molar-refractivity contribution in [2.24, 2.45) is 0 Å². The predicted molar refractivity (Wildman–Crippen MR) is 17.3 cm³/mol. The smallest absolute Gasteiger partial charge is 0.137 e.